The van der Waals surface area contributed by atoms with E-state index in [1.807, 2.05) is 95.8 Å². The van der Waals surface area contributed by atoms with Crippen molar-refractivity contribution in [2.45, 2.75) is 0 Å². The van der Waals surface area contributed by atoms with Gasteiger partial charge in [-0.05, 0) is 132 Å². The van der Waals surface area contributed by atoms with Crippen molar-refractivity contribution in [3.63, 3.8) is 0 Å². The molecule has 138 heavy (non-hydrogen) atoms. The van der Waals surface area contributed by atoms with E-state index >= 15 is 0 Å². The van der Waals surface area contributed by atoms with Crippen molar-refractivity contribution < 1.29 is 13.3 Å². The van der Waals surface area contributed by atoms with E-state index in [1.165, 1.54) is 0 Å². The van der Waals surface area contributed by atoms with Crippen LogP contribution in [0.4, 0.5) is 0 Å². The number of aromatic nitrogens is 11. The van der Waals surface area contributed by atoms with Crippen molar-refractivity contribution in [2.24, 2.45) is 0 Å². The number of furan rings is 3. The first-order valence-electron chi connectivity index (χ1n) is 46.2. The molecule has 0 spiro atoms. The van der Waals surface area contributed by atoms with Crippen LogP contribution in [-0.2, 0) is 0 Å². The number of pyridine rings is 2. The molecule has 10 aromatic heterocycles. The number of hydrogen-bond acceptors (Lipinski definition) is 9. The SMILES string of the molecule is c1ccc(-c2oc3c(ccc4c3c3ccccc3n4-c3cccc(-c4nnc(-c5ccccc5)n4-c4ccccc4)c3)c2-c2ccccc2)cc1.c1ccc(-c2oc3c(ccc4c3c3ccccc3n4-c3cccc(-c4nncn4-c4ccccc4)c3)c2-c2ccccc2)cc1.c1ccc(-c2oc3c(ccc4c3c3ccccc3n4-c3cnc4c(ccc5cccnc54)c3)c2-c2ccccc2)cc1. The summed E-state index contributed by atoms with van der Waals surface area (Å²) in [6.07, 6.45) is 5.55. The lowest BCUT2D eigenvalue weighted by Gasteiger charge is -2.13. The predicted octanol–water partition coefficient (Wildman–Crippen LogP) is 31.9. The second-order valence-corrected chi connectivity index (χ2v) is 34.4. The molecule has 648 valence electrons. The summed E-state index contributed by atoms with van der Waals surface area (Å²) >= 11 is 0. The normalized spacial score (nSPS) is 11.6. The highest BCUT2D eigenvalue weighted by atomic mass is 16.3. The van der Waals surface area contributed by atoms with Gasteiger partial charge < -0.3 is 27.0 Å². The van der Waals surface area contributed by atoms with Crippen LogP contribution >= 0.6 is 0 Å². The second kappa shape index (κ2) is 33.7. The fourth-order valence-corrected chi connectivity index (χ4v) is 20.4. The van der Waals surface area contributed by atoms with Crippen molar-refractivity contribution in [2.75, 3.05) is 0 Å². The average Bonchev–Trinajstić information content (AvgIpc) is 1.56. The average molecular weight is 1770 g/mol. The van der Waals surface area contributed by atoms with E-state index in [2.05, 4.69) is 416 Å². The Balaban J connectivity index is 0.000000107. The van der Waals surface area contributed by atoms with Crippen LogP contribution in [-0.4, -0.2) is 53.2 Å². The minimum absolute atomic E-state index is 0.774. The molecule has 0 amide bonds. The van der Waals surface area contributed by atoms with Crippen LogP contribution in [0.3, 0.4) is 0 Å². The van der Waals surface area contributed by atoms with Gasteiger partial charge in [0.2, 0.25) is 0 Å². The molecule has 10 heterocycles. The van der Waals surface area contributed by atoms with E-state index in [-0.39, 0.29) is 0 Å². The van der Waals surface area contributed by atoms with Crippen molar-refractivity contribution in [1.29, 1.82) is 0 Å². The molecule has 18 aromatic carbocycles. The number of fused-ring (bicyclic) bond motifs is 18. The molecule has 0 aliphatic carbocycles. The maximum absolute atomic E-state index is 6.98. The van der Waals surface area contributed by atoms with Crippen LogP contribution in [0.1, 0.15) is 0 Å². The number of para-hydroxylation sites is 5. The molecule has 0 N–H and O–H groups in total. The lowest BCUT2D eigenvalue weighted by Crippen LogP contribution is -2.01. The van der Waals surface area contributed by atoms with Gasteiger partial charge in [-0.15, -0.1) is 20.4 Å². The van der Waals surface area contributed by atoms with Crippen molar-refractivity contribution in [3.05, 3.63) is 480 Å². The van der Waals surface area contributed by atoms with Gasteiger partial charge in [-0.25, -0.2) is 0 Å². The topological polar surface area (TPSA) is 141 Å². The van der Waals surface area contributed by atoms with Crippen LogP contribution < -0.4 is 0 Å². The van der Waals surface area contributed by atoms with Crippen LogP contribution in [0.15, 0.2) is 493 Å². The Morgan fingerprint density at radius 3 is 0.978 bits per heavy atom. The Hall–Kier alpha value is -18.9. The highest BCUT2D eigenvalue weighted by molar-refractivity contribution is 6.26. The van der Waals surface area contributed by atoms with Gasteiger partial charge in [0, 0.05) is 122 Å². The molecule has 0 saturated carbocycles. The Bertz CT molecular complexity index is 9500. The van der Waals surface area contributed by atoms with Gasteiger partial charge in [-0.3, -0.25) is 19.1 Å². The molecule has 28 aromatic rings. The van der Waals surface area contributed by atoms with E-state index in [0.29, 0.717) is 0 Å². The highest BCUT2D eigenvalue weighted by Gasteiger charge is 2.30. The zero-order valence-electron chi connectivity index (χ0n) is 74.3. The Morgan fingerprint density at radius 1 is 0.203 bits per heavy atom. The maximum Gasteiger partial charge on any atom is 0.168 e. The molecule has 0 saturated heterocycles. The minimum Gasteiger partial charge on any atom is -0.455 e. The Morgan fingerprint density at radius 2 is 0.543 bits per heavy atom. The molecule has 0 unspecified atom stereocenters. The fourth-order valence-electron chi connectivity index (χ4n) is 20.4. The number of rotatable bonds is 14. The summed E-state index contributed by atoms with van der Waals surface area (Å²) in [5, 5.41) is 30.4. The zero-order valence-corrected chi connectivity index (χ0v) is 74.3. The predicted molar refractivity (Wildman–Crippen MR) is 561 cm³/mol. The summed E-state index contributed by atoms with van der Waals surface area (Å²) in [6, 6.07) is 160. The third-order valence-electron chi connectivity index (χ3n) is 26.5. The van der Waals surface area contributed by atoms with Crippen molar-refractivity contribution in [3.8, 4) is 130 Å². The summed E-state index contributed by atoms with van der Waals surface area (Å²) in [7, 11) is 0. The van der Waals surface area contributed by atoms with Gasteiger partial charge >= 0.3 is 0 Å². The number of hydrogen-bond donors (Lipinski definition) is 0. The summed E-state index contributed by atoms with van der Waals surface area (Å²) in [5.41, 5.74) is 29.0. The molecule has 0 aliphatic rings. The van der Waals surface area contributed by atoms with Crippen molar-refractivity contribution >= 4 is 120 Å². The van der Waals surface area contributed by atoms with Crippen LogP contribution in [0.5, 0.6) is 0 Å². The monoisotopic (exact) mass is 1770 g/mol. The molecule has 0 aliphatic heterocycles. The Kier molecular flexibility index (Phi) is 19.5. The highest BCUT2D eigenvalue weighted by Crippen LogP contribution is 2.51. The third kappa shape index (κ3) is 13.6. The largest absolute Gasteiger partial charge is 0.455 e. The molecule has 14 heteroatoms. The van der Waals surface area contributed by atoms with Crippen LogP contribution in [0.25, 0.3) is 250 Å². The van der Waals surface area contributed by atoms with Crippen molar-refractivity contribution in [1.82, 2.24) is 53.2 Å². The molecule has 28 rings (SSSR count). The first kappa shape index (κ1) is 80.0. The lowest BCUT2D eigenvalue weighted by atomic mass is 9.98. The molecule has 0 bridgehead atoms. The summed E-state index contributed by atoms with van der Waals surface area (Å²) < 4.78 is 31.9. The zero-order chi connectivity index (χ0) is 91.1. The second-order valence-electron chi connectivity index (χ2n) is 34.4. The van der Waals surface area contributed by atoms with E-state index in [9.17, 15) is 0 Å². The minimum atomic E-state index is 0.774. The molecule has 0 atom stereocenters. The van der Waals surface area contributed by atoms with Crippen LogP contribution in [0, 0.1) is 0 Å². The summed E-state index contributed by atoms with van der Waals surface area (Å²) in [5.74, 6) is 4.99. The smallest absolute Gasteiger partial charge is 0.168 e. The van der Waals surface area contributed by atoms with E-state index in [1.54, 1.807) is 6.33 Å². The lowest BCUT2D eigenvalue weighted by molar-refractivity contribution is 0.635. The summed E-state index contributed by atoms with van der Waals surface area (Å²) in [4.78, 5) is 9.55. The van der Waals surface area contributed by atoms with Crippen LogP contribution in [0.2, 0.25) is 0 Å². The molecule has 0 radical (unpaired) electrons. The first-order valence-corrected chi connectivity index (χ1v) is 46.2. The maximum atomic E-state index is 6.98. The standard InChI is InChI=1S/C46H30N4O.C40H26N4O.C38H23N3O/c1-5-16-31(17-6-1)41-38-28-29-40-42(44(38)51-43(41)32-18-7-2-8-19-32)37-26-13-14-27-39(37)49(40)36-25-15-22-34(30-36)46-48-47-45(33-20-9-3-10-21-33)50(46)35-23-11-4-12-24-35;1-4-13-27(14-5-1)36-33-23-24-35-37(39(33)45-38(36)28-15-6-2-7-16-28)32-21-10-11-22-34(32)44(35)31-20-12-17-29(25-31)40-42-41-26-43(40)30-18-8-3-9-19-30;1-3-10-24(11-4-1)33-30-19-20-32-34(38(30)42-37(33)26-12-5-2-6-13-26)29-15-7-8-16-31(29)41(32)28-22-27-18-17-25-14-9-21-39-35(25)36(27)40-23-28/h1-30H;1-26H;1-23H. The molecular weight excluding hydrogens is 1690 g/mol. The Labute approximate surface area is 791 Å². The third-order valence-corrected chi connectivity index (χ3v) is 26.5. The molecule has 0 fully saturated rings. The van der Waals surface area contributed by atoms with E-state index in [4.69, 9.17) is 28.4 Å². The van der Waals surface area contributed by atoms with Gasteiger partial charge in [-0.1, -0.05) is 346 Å². The first-order chi connectivity index (χ1) is 68.5. The van der Waals surface area contributed by atoms with E-state index in [0.717, 1.165) is 250 Å². The van der Waals surface area contributed by atoms with Gasteiger partial charge in [0.15, 0.2) is 17.5 Å². The van der Waals surface area contributed by atoms with E-state index < -0.39 is 0 Å². The van der Waals surface area contributed by atoms with Gasteiger partial charge in [0.25, 0.3) is 0 Å². The number of benzene rings is 18. The quantitative estimate of drug-likeness (QED) is 0.0973. The molecule has 14 nitrogen and oxygen atoms in total. The summed E-state index contributed by atoms with van der Waals surface area (Å²) in [6.45, 7) is 0. The van der Waals surface area contributed by atoms with Gasteiger partial charge in [-0.2, -0.15) is 0 Å². The molecular formula is C124H79N11O3. The van der Waals surface area contributed by atoms with Gasteiger partial charge in [0.05, 0.1) is 72.2 Å². The van der Waals surface area contributed by atoms with Gasteiger partial charge in [0.1, 0.15) is 40.4 Å². The number of nitrogens with zero attached hydrogens (tertiary/aromatic N) is 11. The fraction of sp³-hybridized carbons (Fsp3) is 0.